The van der Waals surface area contributed by atoms with Gasteiger partial charge < -0.3 is 8.83 Å². The lowest BCUT2D eigenvalue weighted by Gasteiger charge is -2.10. The molecule has 3 heterocycles. The van der Waals surface area contributed by atoms with Gasteiger partial charge in [-0.25, -0.2) is 4.98 Å². The highest BCUT2D eigenvalue weighted by atomic mass is 35.5. The topological polar surface area (TPSA) is 104 Å². The zero-order valence-electron chi connectivity index (χ0n) is 14.6. The predicted molar refractivity (Wildman–Crippen MR) is 109 cm³/mol. The molecule has 1 aromatic carbocycles. The van der Waals surface area contributed by atoms with Crippen molar-refractivity contribution in [2.75, 3.05) is 0 Å². The number of benzene rings is 1. The summed E-state index contributed by atoms with van der Waals surface area (Å²) >= 11 is 7.21. The molecule has 0 fully saturated rings. The maximum absolute atomic E-state index is 13.0. The Hall–Kier alpha value is -3.30. The molecule has 0 atom stereocenters. The van der Waals surface area contributed by atoms with E-state index >= 15 is 0 Å². The van der Waals surface area contributed by atoms with Crippen LogP contribution in [0.5, 0.6) is 0 Å². The monoisotopic (exact) mass is 429 g/mol. The Morgan fingerprint density at radius 2 is 2.14 bits per heavy atom. The van der Waals surface area contributed by atoms with E-state index < -0.39 is 4.92 Å². The molecule has 146 valence electrons. The second kappa shape index (κ2) is 7.98. The molecule has 0 aliphatic rings. The molecule has 0 amide bonds. The molecule has 0 saturated carbocycles. The molecule has 0 radical (unpaired) electrons. The third-order valence-corrected chi connectivity index (χ3v) is 5.00. The molecule has 4 rings (SSSR count). The average molecular weight is 430 g/mol. The Labute approximate surface area is 172 Å². The molecular weight excluding hydrogens is 418 g/mol. The fourth-order valence-electron chi connectivity index (χ4n) is 2.65. The van der Waals surface area contributed by atoms with Crippen molar-refractivity contribution >= 4 is 46.2 Å². The Morgan fingerprint density at radius 3 is 2.86 bits per heavy atom. The molecule has 29 heavy (non-hydrogen) atoms. The molecule has 10 heteroatoms. The predicted octanol–water partition coefficient (Wildman–Crippen LogP) is 4.96. The molecule has 4 aromatic rings. The van der Waals surface area contributed by atoms with Crippen LogP contribution in [-0.4, -0.2) is 14.5 Å². The second-order valence-corrected chi connectivity index (χ2v) is 7.19. The van der Waals surface area contributed by atoms with Crippen molar-refractivity contribution in [2.45, 2.75) is 11.7 Å². The number of hydrogen-bond acceptors (Lipinski definition) is 7. The van der Waals surface area contributed by atoms with Crippen molar-refractivity contribution in [1.29, 1.82) is 0 Å². The van der Waals surface area contributed by atoms with Crippen LogP contribution in [0.4, 0.5) is 5.88 Å². The van der Waals surface area contributed by atoms with E-state index in [9.17, 15) is 14.9 Å². The van der Waals surface area contributed by atoms with E-state index in [1.165, 1.54) is 34.7 Å². The van der Waals surface area contributed by atoms with Crippen LogP contribution in [0.25, 0.3) is 17.0 Å². The minimum atomic E-state index is -0.611. The van der Waals surface area contributed by atoms with E-state index in [0.717, 1.165) is 0 Å². The summed E-state index contributed by atoms with van der Waals surface area (Å²) in [5, 5.41) is 13.7. The maximum atomic E-state index is 13.0. The Morgan fingerprint density at radius 1 is 1.28 bits per heavy atom. The van der Waals surface area contributed by atoms with Gasteiger partial charge in [0.2, 0.25) is 0 Å². The highest BCUT2D eigenvalue weighted by Gasteiger charge is 2.14. The van der Waals surface area contributed by atoms with E-state index in [1.807, 2.05) is 0 Å². The van der Waals surface area contributed by atoms with Gasteiger partial charge in [0, 0.05) is 5.02 Å². The Balaban J connectivity index is 1.71. The molecule has 0 spiro atoms. The first-order valence-corrected chi connectivity index (χ1v) is 9.57. The third-order valence-electron chi connectivity index (χ3n) is 3.97. The van der Waals surface area contributed by atoms with Crippen molar-refractivity contribution in [3.05, 3.63) is 91.1 Å². The number of aromatic nitrogens is 2. The number of fused-ring (bicyclic) bond motifs is 1. The van der Waals surface area contributed by atoms with Crippen molar-refractivity contribution in [3.8, 4) is 0 Å². The molecular formula is C19H12ClN3O5S. The van der Waals surface area contributed by atoms with Crippen molar-refractivity contribution in [3.63, 3.8) is 0 Å². The first-order valence-electron chi connectivity index (χ1n) is 8.31. The van der Waals surface area contributed by atoms with E-state index in [-0.39, 0.29) is 18.0 Å². The fraction of sp³-hybridized carbons (Fsp3) is 0.0526. The number of nitro groups is 1. The van der Waals surface area contributed by atoms with Gasteiger partial charge in [-0.15, -0.1) is 0 Å². The Kier molecular flexibility index (Phi) is 5.24. The summed E-state index contributed by atoms with van der Waals surface area (Å²) in [6.07, 6.45) is 3.09. The minimum absolute atomic E-state index is 0.208. The summed E-state index contributed by atoms with van der Waals surface area (Å²) in [7, 11) is 0. The molecule has 0 aliphatic heterocycles. The van der Waals surface area contributed by atoms with Gasteiger partial charge in [0.15, 0.2) is 5.16 Å². The van der Waals surface area contributed by atoms with Crippen molar-refractivity contribution in [2.24, 2.45) is 0 Å². The highest BCUT2D eigenvalue weighted by molar-refractivity contribution is 8.02. The van der Waals surface area contributed by atoms with Gasteiger partial charge in [-0.1, -0.05) is 23.4 Å². The molecule has 0 N–H and O–H groups in total. The summed E-state index contributed by atoms with van der Waals surface area (Å²) in [6.45, 7) is 0.208. The van der Waals surface area contributed by atoms with E-state index in [0.29, 0.717) is 32.6 Å². The highest BCUT2D eigenvalue weighted by Crippen LogP contribution is 2.24. The number of hydrogen-bond donors (Lipinski definition) is 0. The summed E-state index contributed by atoms with van der Waals surface area (Å²) < 4.78 is 11.9. The molecule has 3 aromatic heterocycles. The second-order valence-electron chi connectivity index (χ2n) is 5.88. The van der Waals surface area contributed by atoms with Crippen LogP contribution >= 0.6 is 23.4 Å². The standard InChI is InChI=1S/C19H12ClN3O5S/c20-12-3-5-15-16(10-12)21-19(22(18(15)24)11-14-2-1-8-27-14)29-9-7-13-4-6-17(28-13)23(25)26/h1-10H,11H2/b9-7+. The maximum Gasteiger partial charge on any atom is 0.433 e. The lowest BCUT2D eigenvalue weighted by molar-refractivity contribution is -0.402. The van der Waals surface area contributed by atoms with Crippen molar-refractivity contribution < 1.29 is 13.8 Å². The number of thioether (sulfide) groups is 1. The third kappa shape index (κ3) is 4.10. The van der Waals surface area contributed by atoms with Crippen LogP contribution in [0.2, 0.25) is 5.02 Å². The number of halogens is 1. The quantitative estimate of drug-likeness (QED) is 0.185. The van der Waals surface area contributed by atoms with E-state index in [4.69, 9.17) is 20.4 Å². The van der Waals surface area contributed by atoms with Gasteiger partial charge in [-0.3, -0.25) is 19.5 Å². The van der Waals surface area contributed by atoms with Gasteiger partial charge in [0.05, 0.1) is 29.8 Å². The van der Waals surface area contributed by atoms with Gasteiger partial charge in [0.25, 0.3) is 5.56 Å². The summed E-state index contributed by atoms with van der Waals surface area (Å²) in [5.74, 6) is 0.575. The molecule has 0 bridgehead atoms. The fourth-order valence-corrected chi connectivity index (χ4v) is 3.57. The van der Waals surface area contributed by atoms with E-state index in [2.05, 4.69) is 4.98 Å². The molecule has 0 unspecified atom stereocenters. The SMILES string of the molecule is O=c1c2ccc(Cl)cc2nc(S/C=C/c2ccc([N+](=O)[O-])o2)n1Cc1ccco1. The van der Waals surface area contributed by atoms with Gasteiger partial charge in [-0.2, -0.15) is 0 Å². The smallest absolute Gasteiger partial charge is 0.433 e. The average Bonchev–Trinajstić information content (AvgIpc) is 3.36. The zero-order valence-corrected chi connectivity index (χ0v) is 16.2. The zero-order chi connectivity index (χ0) is 20.4. The summed E-state index contributed by atoms with van der Waals surface area (Å²) in [4.78, 5) is 27.7. The lowest BCUT2D eigenvalue weighted by atomic mass is 10.2. The minimum Gasteiger partial charge on any atom is -0.467 e. The van der Waals surface area contributed by atoms with Crippen LogP contribution in [-0.2, 0) is 6.54 Å². The summed E-state index contributed by atoms with van der Waals surface area (Å²) in [6, 6.07) is 11.2. The van der Waals surface area contributed by atoms with Crippen LogP contribution in [0.15, 0.2) is 72.9 Å². The largest absolute Gasteiger partial charge is 0.467 e. The lowest BCUT2D eigenvalue weighted by Crippen LogP contribution is -2.23. The van der Waals surface area contributed by atoms with Crippen LogP contribution < -0.4 is 5.56 Å². The molecule has 0 aliphatic carbocycles. The first-order chi connectivity index (χ1) is 14.0. The van der Waals surface area contributed by atoms with Crippen LogP contribution in [0.1, 0.15) is 11.5 Å². The molecule has 0 saturated heterocycles. The van der Waals surface area contributed by atoms with Gasteiger partial charge in [0.1, 0.15) is 16.4 Å². The number of furan rings is 2. The van der Waals surface area contributed by atoms with Crippen LogP contribution in [0, 0.1) is 10.1 Å². The Bertz CT molecular complexity index is 1280. The normalized spacial score (nSPS) is 11.5. The van der Waals surface area contributed by atoms with Crippen LogP contribution in [0.3, 0.4) is 0 Å². The molecule has 8 nitrogen and oxygen atoms in total. The van der Waals surface area contributed by atoms with Gasteiger partial charge in [-0.05, 0) is 47.9 Å². The number of nitrogens with zero attached hydrogens (tertiary/aromatic N) is 3. The van der Waals surface area contributed by atoms with E-state index in [1.54, 1.807) is 41.8 Å². The number of rotatable bonds is 6. The van der Waals surface area contributed by atoms with Crippen molar-refractivity contribution in [1.82, 2.24) is 9.55 Å². The summed E-state index contributed by atoms with van der Waals surface area (Å²) in [5.41, 5.74) is 0.246. The first kappa shape index (κ1) is 19.0. The van der Waals surface area contributed by atoms with Gasteiger partial charge >= 0.3 is 5.88 Å².